The second kappa shape index (κ2) is 9.64. The molecule has 2 bridgehead atoms. The van der Waals surface area contributed by atoms with Crippen molar-refractivity contribution in [3.63, 3.8) is 0 Å². The maximum absolute atomic E-state index is 13.8. The molecule has 1 heterocycles. The van der Waals surface area contributed by atoms with Crippen molar-refractivity contribution in [3.8, 4) is 0 Å². The minimum atomic E-state index is -4.43. The fraction of sp³-hybridized carbons (Fsp3) is 0.643. The van der Waals surface area contributed by atoms with E-state index in [0.717, 1.165) is 5.57 Å². The summed E-state index contributed by atoms with van der Waals surface area (Å²) in [5.74, 6) is -0.809. The van der Waals surface area contributed by atoms with Crippen molar-refractivity contribution < 1.29 is 32.6 Å². The number of aliphatic carboxylic acids is 1. The molecule has 0 spiro atoms. The number of amides is 2. The standard InChI is InChI=1S/C28H37F3N2O4/c1-25(2,3)11-9-19-7-5-18(13-21(19)28(29,30)31)6-8-22-20(10-12-37-4)14-33(24(36)32-22)27-15-26(16-27,17-27)23(34)35/h5,7,13-14,22H,6,8-12,15-17H2,1-4H3,(H,32,36)(H,34,35)/t22-,26?,27?/m1/s1. The Hall–Kier alpha value is -2.55. The summed E-state index contributed by atoms with van der Waals surface area (Å²) in [4.78, 5) is 26.1. The number of benzene rings is 1. The smallest absolute Gasteiger partial charge is 0.416 e. The molecule has 3 fully saturated rings. The number of urea groups is 1. The highest BCUT2D eigenvalue weighted by Crippen LogP contribution is 2.70. The molecule has 9 heteroatoms. The fourth-order valence-corrected chi connectivity index (χ4v) is 5.99. The van der Waals surface area contributed by atoms with Crippen LogP contribution in [0.3, 0.4) is 0 Å². The van der Waals surface area contributed by atoms with Crippen LogP contribution < -0.4 is 5.32 Å². The fourth-order valence-electron chi connectivity index (χ4n) is 5.99. The predicted octanol–water partition coefficient (Wildman–Crippen LogP) is 5.94. The normalized spacial score (nSPS) is 27.2. The molecule has 4 aliphatic rings. The van der Waals surface area contributed by atoms with Gasteiger partial charge in [0.05, 0.1) is 29.2 Å². The van der Waals surface area contributed by atoms with Crippen LogP contribution in [0.15, 0.2) is 30.0 Å². The van der Waals surface area contributed by atoms with Crippen molar-refractivity contribution >= 4 is 12.0 Å². The van der Waals surface area contributed by atoms with Gasteiger partial charge in [-0.25, -0.2) is 4.79 Å². The van der Waals surface area contributed by atoms with E-state index in [2.05, 4.69) is 5.32 Å². The van der Waals surface area contributed by atoms with Gasteiger partial charge in [0.15, 0.2) is 0 Å². The highest BCUT2D eigenvalue weighted by molar-refractivity contribution is 5.84. The zero-order valence-corrected chi connectivity index (χ0v) is 22.0. The predicted molar refractivity (Wildman–Crippen MR) is 133 cm³/mol. The molecule has 0 aromatic heterocycles. The summed E-state index contributed by atoms with van der Waals surface area (Å²) in [5.41, 5.74) is 0.0345. The van der Waals surface area contributed by atoms with Gasteiger partial charge in [0.2, 0.25) is 0 Å². The molecule has 0 saturated heterocycles. The Bertz CT molecular complexity index is 1070. The molecule has 1 aliphatic heterocycles. The summed E-state index contributed by atoms with van der Waals surface area (Å²) >= 11 is 0. The van der Waals surface area contributed by atoms with Crippen LogP contribution in [0.5, 0.6) is 0 Å². The van der Waals surface area contributed by atoms with E-state index in [4.69, 9.17) is 4.74 Å². The number of methoxy groups -OCH3 is 1. The van der Waals surface area contributed by atoms with Crippen LogP contribution in [0, 0.1) is 10.8 Å². The average molecular weight is 523 g/mol. The molecule has 3 saturated carbocycles. The molecular formula is C28H37F3N2O4. The van der Waals surface area contributed by atoms with Crippen molar-refractivity contribution in [1.29, 1.82) is 0 Å². The van der Waals surface area contributed by atoms with Crippen LogP contribution in [-0.4, -0.2) is 47.3 Å². The minimum Gasteiger partial charge on any atom is -0.481 e. The second-order valence-electron chi connectivity index (χ2n) is 12.2. The average Bonchev–Trinajstić information content (AvgIpc) is 2.73. The first kappa shape index (κ1) is 27.5. The Morgan fingerprint density at radius 3 is 2.41 bits per heavy atom. The van der Waals surface area contributed by atoms with Crippen LogP contribution in [0.2, 0.25) is 0 Å². The number of hydrogen-bond acceptors (Lipinski definition) is 3. The van der Waals surface area contributed by atoms with E-state index < -0.39 is 28.7 Å². The number of alkyl halides is 3. The van der Waals surface area contributed by atoms with Gasteiger partial charge >= 0.3 is 18.2 Å². The lowest BCUT2D eigenvalue weighted by molar-refractivity contribution is -0.215. The number of hydrogen-bond donors (Lipinski definition) is 2. The molecule has 5 rings (SSSR count). The summed E-state index contributed by atoms with van der Waals surface area (Å²) in [7, 11) is 1.59. The van der Waals surface area contributed by atoms with Crippen molar-refractivity contribution in [2.75, 3.05) is 13.7 Å². The van der Waals surface area contributed by atoms with Gasteiger partial charge in [-0.15, -0.1) is 0 Å². The number of carbonyl (C=O) groups is 2. The third-order valence-electron chi connectivity index (χ3n) is 8.17. The highest BCUT2D eigenvalue weighted by atomic mass is 19.4. The topological polar surface area (TPSA) is 78.9 Å². The van der Waals surface area contributed by atoms with E-state index in [1.54, 1.807) is 24.1 Å². The molecular weight excluding hydrogens is 485 g/mol. The van der Waals surface area contributed by atoms with E-state index in [1.807, 2.05) is 27.0 Å². The Kier molecular flexibility index (Phi) is 7.16. The number of carboxylic acids is 1. The Labute approximate surface area is 216 Å². The van der Waals surface area contributed by atoms with E-state index in [1.165, 1.54) is 6.07 Å². The van der Waals surface area contributed by atoms with Gasteiger partial charge in [-0.1, -0.05) is 32.9 Å². The molecule has 6 nitrogen and oxygen atoms in total. The first-order chi connectivity index (χ1) is 17.2. The molecule has 2 amide bonds. The Morgan fingerprint density at radius 2 is 1.84 bits per heavy atom. The number of nitrogens with one attached hydrogen (secondary N) is 1. The van der Waals surface area contributed by atoms with E-state index in [-0.39, 0.29) is 17.5 Å². The second-order valence-corrected chi connectivity index (χ2v) is 12.2. The summed E-state index contributed by atoms with van der Waals surface area (Å²) in [6.07, 6.45) is 1.16. The first-order valence-corrected chi connectivity index (χ1v) is 12.9. The molecule has 2 N–H and O–H groups in total. The lowest BCUT2D eigenvalue weighted by atomic mass is 9.39. The number of carbonyl (C=O) groups excluding carboxylic acids is 1. The van der Waals surface area contributed by atoms with Gasteiger partial charge in [-0.05, 0) is 79.5 Å². The van der Waals surface area contributed by atoms with Crippen molar-refractivity contribution in [2.45, 2.75) is 89.9 Å². The number of carboxylic acid groups (broad SMARTS) is 1. The molecule has 1 atom stereocenters. The van der Waals surface area contributed by atoms with E-state index in [9.17, 15) is 27.9 Å². The monoisotopic (exact) mass is 522 g/mol. The third kappa shape index (κ3) is 5.52. The SMILES string of the molecule is COCCC1=CN(C23CC(C(=O)O)(C2)C3)C(=O)N[C@@H]1CCc1ccc(CCC(C)(C)C)c(C(F)(F)F)c1. The van der Waals surface area contributed by atoms with Crippen LogP contribution in [0.25, 0.3) is 0 Å². The maximum atomic E-state index is 13.8. The van der Waals surface area contributed by atoms with Gasteiger partial charge in [-0.3, -0.25) is 9.69 Å². The first-order valence-electron chi connectivity index (χ1n) is 12.9. The zero-order chi connectivity index (χ0) is 27.2. The molecule has 0 unspecified atom stereocenters. The van der Waals surface area contributed by atoms with Gasteiger partial charge in [0, 0.05) is 13.3 Å². The number of rotatable bonds is 10. The largest absolute Gasteiger partial charge is 0.481 e. The van der Waals surface area contributed by atoms with Crippen molar-refractivity contribution in [3.05, 3.63) is 46.7 Å². The summed E-state index contributed by atoms with van der Waals surface area (Å²) in [6.45, 7) is 6.49. The maximum Gasteiger partial charge on any atom is 0.416 e. The van der Waals surface area contributed by atoms with E-state index in [0.29, 0.717) is 69.1 Å². The third-order valence-corrected chi connectivity index (χ3v) is 8.17. The quantitative estimate of drug-likeness (QED) is 0.399. The summed E-state index contributed by atoms with van der Waals surface area (Å²) in [5, 5.41) is 12.5. The van der Waals surface area contributed by atoms with Crippen molar-refractivity contribution in [2.24, 2.45) is 10.8 Å². The highest BCUT2D eigenvalue weighted by Gasteiger charge is 2.75. The zero-order valence-electron chi connectivity index (χ0n) is 22.0. The molecule has 1 aromatic rings. The van der Waals surface area contributed by atoms with Crippen LogP contribution in [0.4, 0.5) is 18.0 Å². The van der Waals surface area contributed by atoms with Crippen LogP contribution >= 0.6 is 0 Å². The Balaban J connectivity index is 1.48. The molecule has 0 radical (unpaired) electrons. The Morgan fingerprint density at radius 1 is 1.16 bits per heavy atom. The van der Waals surface area contributed by atoms with Gasteiger partial charge in [-0.2, -0.15) is 13.2 Å². The van der Waals surface area contributed by atoms with Crippen LogP contribution in [0.1, 0.15) is 76.0 Å². The molecule has 3 aliphatic carbocycles. The van der Waals surface area contributed by atoms with E-state index >= 15 is 0 Å². The number of aryl methyl sites for hydroxylation is 2. The minimum absolute atomic E-state index is 0.0623. The summed E-state index contributed by atoms with van der Waals surface area (Å²) < 4.78 is 46.8. The lowest BCUT2D eigenvalue weighted by Gasteiger charge is -2.71. The summed E-state index contributed by atoms with van der Waals surface area (Å²) in [6, 6.07) is 4.00. The number of ether oxygens (including phenoxy) is 1. The molecule has 1 aromatic carbocycles. The lowest BCUT2D eigenvalue weighted by Crippen LogP contribution is -2.78. The van der Waals surface area contributed by atoms with Crippen LogP contribution in [-0.2, 0) is 28.5 Å². The van der Waals surface area contributed by atoms with Gasteiger partial charge in [0.1, 0.15) is 0 Å². The number of halogens is 3. The van der Waals surface area contributed by atoms with Gasteiger partial charge in [0.25, 0.3) is 0 Å². The number of nitrogens with zero attached hydrogens (tertiary/aromatic N) is 1. The van der Waals surface area contributed by atoms with Crippen molar-refractivity contribution in [1.82, 2.24) is 10.2 Å². The molecule has 204 valence electrons. The van der Waals surface area contributed by atoms with Gasteiger partial charge < -0.3 is 15.2 Å². The molecule has 37 heavy (non-hydrogen) atoms.